The van der Waals surface area contributed by atoms with Gasteiger partial charge in [-0.3, -0.25) is 0 Å². The Labute approximate surface area is 45.1 Å². The maximum Gasteiger partial charge on any atom is 0.340 e. The molecule has 0 aromatic carbocycles. The summed E-state index contributed by atoms with van der Waals surface area (Å²) < 4.78 is 0.944. The summed E-state index contributed by atoms with van der Waals surface area (Å²) >= 11 is 0. The topological polar surface area (TPSA) is 73.8 Å². The largest absolute Gasteiger partial charge is 0.350 e. The molecule has 1 heterocycles. The fourth-order valence-electron chi connectivity index (χ4n) is 0.326. The number of amides is 1. The van der Waals surface area contributed by atoms with Crippen molar-refractivity contribution in [1.29, 1.82) is 0 Å². The van der Waals surface area contributed by atoms with Gasteiger partial charge in [0.25, 0.3) is 0 Å². The van der Waals surface area contributed by atoms with Crippen molar-refractivity contribution in [3.63, 3.8) is 0 Å². The zero-order valence-electron chi connectivity index (χ0n) is 3.98. The molecule has 0 aliphatic heterocycles. The Morgan fingerprint density at radius 2 is 2.50 bits per heavy atom. The molecule has 8 heavy (non-hydrogen) atoms. The number of aromatic nitrogens is 3. The summed E-state index contributed by atoms with van der Waals surface area (Å²) in [5.74, 6) is 0. The minimum Gasteiger partial charge on any atom is -0.350 e. The number of carbonyl (C=O) groups excluding carboxylic acids is 1. The SMILES string of the molecule is NC(=O)n1ccnn1. The molecule has 42 valence electrons. The first kappa shape index (κ1) is 4.76. The summed E-state index contributed by atoms with van der Waals surface area (Å²) in [7, 11) is 0. The number of primary amides is 1. The third-order valence-corrected chi connectivity index (χ3v) is 0.648. The van der Waals surface area contributed by atoms with E-state index >= 15 is 0 Å². The fourth-order valence-corrected chi connectivity index (χ4v) is 0.326. The first-order valence-corrected chi connectivity index (χ1v) is 1.97. The van der Waals surface area contributed by atoms with Crippen LogP contribution >= 0.6 is 0 Å². The number of hydrogen-bond acceptors (Lipinski definition) is 3. The van der Waals surface area contributed by atoms with Gasteiger partial charge in [-0.25, -0.2) is 4.79 Å². The zero-order valence-corrected chi connectivity index (χ0v) is 3.98. The van der Waals surface area contributed by atoms with Gasteiger partial charge in [0, 0.05) is 0 Å². The molecule has 0 aliphatic carbocycles. The average Bonchev–Trinajstić information content (AvgIpc) is 2.12. The van der Waals surface area contributed by atoms with Gasteiger partial charge in [0.1, 0.15) is 0 Å². The van der Waals surface area contributed by atoms with E-state index in [2.05, 4.69) is 10.3 Å². The van der Waals surface area contributed by atoms with Gasteiger partial charge in [0.2, 0.25) is 0 Å². The first-order valence-electron chi connectivity index (χ1n) is 1.97. The molecule has 0 unspecified atom stereocenters. The van der Waals surface area contributed by atoms with Crippen molar-refractivity contribution in [1.82, 2.24) is 15.0 Å². The molecule has 1 rings (SSSR count). The molecular formula is C3H4N4O. The third kappa shape index (κ3) is 0.651. The lowest BCUT2D eigenvalue weighted by Crippen LogP contribution is -2.19. The van der Waals surface area contributed by atoms with Crippen LogP contribution in [0.15, 0.2) is 12.4 Å². The lowest BCUT2D eigenvalue weighted by atomic mass is 10.9. The molecular weight excluding hydrogens is 108 g/mol. The quantitative estimate of drug-likeness (QED) is 0.477. The molecule has 1 amide bonds. The molecule has 0 saturated carbocycles. The van der Waals surface area contributed by atoms with Crippen molar-refractivity contribution in [3.05, 3.63) is 12.4 Å². The Kier molecular flexibility index (Phi) is 0.957. The van der Waals surface area contributed by atoms with Crippen LogP contribution in [0.1, 0.15) is 0 Å². The summed E-state index contributed by atoms with van der Waals surface area (Å²) in [6, 6.07) is -0.623. The van der Waals surface area contributed by atoms with Crippen LogP contribution in [-0.4, -0.2) is 21.0 Å². The molecule has 1 aromatic heterocycles. The van der Waals surface area contributed by atoms with Crippen LogP contribution < -0.4 is 5.73 Å². The molecule has 0 bridgehead atoms. The number of rotatable bonds is 0. The lowest BCUT2D eigenvalue weighted by molar-refractivity contribution is 0.247. The van der Waals surface area contributed by atoms with E-state index in [-0.39, 0.29) is 0 Å². The van der Waals surface area contributed by atoms with E-state index in [9.17, 15) is 4.79 Å². The summed E-state index contributed by atoms with van der Waals surface area (Å²) in [5.41, 5.74) is 4.78. The molecule has 0 radical (unpaired) electrons. The Balaban J connectivity index is 2.93. The monoisotopic (exact) mass is 112 g/mol. The Hall–Kier alpha value is -1.39. The second kappa shape index (κ2) is 1.61. The van der Waals surface area contributed by atoms with E-state index in [1.165, 1.54) is 12.4 Å². The van der Waals surface area contributed by atoms with Crippen molar-refractivity contribution in [3.8, 4) is 0 Å². The Bertz CT molecular complexity index is 179. The van der Waals surface area contributed by atoms with Crippen LogP contribution in [0.4, 0.5) is 4.79 Å². The molecule has 0 saturated heterocycles. The van der Waals surface area contributed by atoms with Crippen molar-refractivity contribution in [2.75, 3.05) is 0 Å². The lowest BCUT2D eigenvalue weighted by Gasteiger charge is -1.84. The molecule has 1 aromatic rings. The van der Waals surface area contributed by atoms with Gasteiger partial charge in [-0.15, -0.1) is 5.10 Å². The van der Waals surface area contributed by atoms with Gasteiger partial charge in [0.15, 0.2) is 0 Å². The fraction of sp³-hybridized carbons (Fsp3) is 0. The van der Waals surface area contributed by atoms with E-state index in [4.69, 9.17) is 5.73 Å². The highest BCUT2D eigenvalue weighted by Crippen LogP contribution is 1.73. The zero-order chi connectivity index (χ0) is 5.98. The predicted molar refractivity (Wildman–Crippen MR) is 25.0 cm³/mol. The summed E-state index contributed by atoms with van der Waals surface area (Å²) in [5, 5.41) is 6.66. The average molecular weight is 112 g/mol. The third-order valence-electron chi connectivity index (χ3n) is 0.648. The first-order chi connectivity index (χ1) is 3.80. The second-order valence-corrected chi connectivity index (χ2v) is 1.19. The molecule has 0 atom stereocenters. The van der Waals surface area contributed by atoms with Crippen LogP contribution in [-0.2, 0) is 0 Å². The summed E-state index contributed by atoms with van der Waals surface area (Å²) in [4.78, 5) is 10.1. The molecule has 0 fully saturated rings. The molecule has 0 aliphatic rings. The molecule has 5 heteroatoms. The van der Waals surface area contributed by atoms with Gasteiger partial charge in [-0.05, 0) is 0 Å². The Morgan fingerprint density at radius 3 is 2.75 bits per heavy atom. The smallest absolute Gasteiger partial charge is 0.340 e. The number of carbonyl (C=O) groups is 1. The van der Waals surface area contributed by atoms with Crippen molar-refractivity contribution in [2.24, 2.45) is 5.73 Å². The second-order valence-electron chi connectivity index (χ2n) is 1.19. The van der Waals surface area contributed by atoms with Gasteiger partial charge >= 0.3 is 6.03 Å². The molecule has 2 N–H and O–H groups in total. The highest BCUT2D eigenvalue weighted by molar-refractivity contribution is 5.73. The number of nitrogens with two attached hydrogens (primary N) is 1. The normalized spacial score (nSPS) is 9.00. The predicted octanol–water partition coefficient (Wildman–Crippen LogP) is -0.795. The maximum atomic E-state index is 10.1. The van der Waals surface area contributed by atoms with Crippen LogP contribution in [0.3, 0.4) is 0 Å². The van der Waals surface area contributed by atoms with Crippen molar-refractivity contribution in [2.45, 2.75) is 0 Å². The van der Waals surface area contributed by atoms with Crippen molar-refractivity contribution >= 4 is 6.03 Å². The summed E-state index contributed by atoms with van der Waals surface area (Å²) in [6.45, 7) is 0. The van der Waals surface area contributed by atoms with E-state index in [0.717, 1.165) is 4.68 Å². The van der Waals surface area contributed by atoms with E-state index in [1.54, 1.807) is 0 Å². The van der Waals surface area contributed by atoms with Gasteiger partial charge in [-0.1, -0.05) is 5.21 Å². The molecule has 0 spiro atoms. The Morgan fingerprint density at radius 1 is 1.75 bits per heavy atom. The minimum absolute atomic E-state index is 0.623. The van der Waals surface area contributed by atoms with E-state index in [1.807, 2.05) is 0 Å². The van der Waals surface area contributed by atoms with Crippen molar-refractivity contribution < 1.29 is 4.79 Å². The van der Waals surface area contributed by atoms with Gasteiger partial charge in [-0.2, -0.15) is 4.68 Å². The summed E-state index contributed by atoms with van der Waals surface area (Å²) in [6.07, 6.45) is 2.76. The highest BCUT2D eigenvalue weighted by atomic mass is 16.2. The van der Waals surface area contributed by atoms with E-state index < -0.39 is 6.03 Å². The number of hydrogen-bond donors (Lipinski definition) is 1. The van der Waals surface area contributed by atoms with E-state index in [0.29, 0.717) is 0 Å². The molecule has 5 nitrogen and oxygen atoms in total. The van der Waals surface area contributed by atoms with Gasteiger partial charge in [0.05, 0.1) is 12.4 Å². The van der Waals surface area contributed by atoms with Gasteiger partial charge < -0.3 is 5.73 Å². The van der Waals surface area contributed by atoms with Crippen LogP contribution in [0.2, 0.25) is 0 Å². The standard InChI is InChI=1S/C3H4N4O/c4-3(8)7-2-1-5-6-7/h1-2H,(H2,4,8). The van der Waals surface area contributed by atoms with Crippen LogP contribution in [0.5, 0.6) is 0 Å². The number of nitrogens with zero attached hydrogens (tertiary/aromatic N) is 3. The van der Waals surface area contributed by atoms with Crippen LogP contribution in [0.25, 0.3) is 0 Å². The maximum absolute atomic E-state index is 10.1. The minimum atomic E-state index is -0.623. The van der Waals surface area contributed by atoms with Crippen LogP contribution in [0, 0.1) is 0 Å². The highest BCUT2D eigenvalue weighted by Gasteiger charge is 1.93.